The molecule has 2 N–H and O–H groups in total. The summed E-state index contributed by atoms with van der Waals surface area (Å²) >= 11 is 3.20. The van der Waals surface area contributed by atoms with Crippen LogP contribution in [0.15, 0.2) is 0 Å². The second kappa shape index (κ2) is 6.34. The lowest BCUT2D eigenvalue weighted by Gasteiger charge is -1.97. The molecule has 0 heterocycles. The van der Waals surface area contributed by atoms with Gasteiger partial charge >= 0.3 is 0 Å². The van der Waals surface area contributed by atoms with Gasteiger partial charge in [0.05, 0.1) is 19.2 Å². The highest BCUT2D eigenvalue weighted by Gasteiger charge is 1.81. The van der Waals surface area contributed by atoms with Gasteiger partial charge in [0.2, 0.25) is 0 Å². The number of thiol groups is 1. The van der Waals surface area contributed by atoms with Crippen molar-refractivity contribution in [2.45, 2.75) is 0 Å². The summed E-state index contributed by atoms with van der Waals surface area (Å²) in [5, 5.41) is 1.38. The van der Waals surface area contributed by atoms with E-state index in [-0.39, 0.29) is 0 Å². The maximum Gasteiger partial charge on any atom is 0.104 e. The fraction of sp³-hybridized carbons (Fsp3) is 1.00. The molecule has 0 amide bonds. The molecular weight excluding hydrogens is 162 g/mol. The Bertz CT molecular complexity index is 130. The van der Waals surface area contributed by atoms with Crippen molar-refractivity contribution in [2.75, 3.05) is 19.2 Å². The van der Waals surface area contributed by atoms with E-state index in [0.717, 1.165) is 0 Å². The molecule has 4 nitrogen and oxygen atoms in total. The van der Waals surface area contributed by atoms with Crippen molar-refractivity contribution < 1.29 is 18.3 Å². The minimum Gasteiger partial charge on any atom is -0.747 e. The van der Waals surface area contributed by atoms with Crippen molar-refractivity contribution in [3.05, 3.63) is 0 Å². The maximum absolute atomic E-state index is 9.37. The molecule has 9 heavy (non-hydrogen) atoms. The molecule has 0 atom stereocenters. The Kier molecular flexibility index (Phi) is 8.42. The third kappa shape index (κ3) is 30.7. The molecule has 0 radical (unpaired) electrons. The Balaban J connectivity index is 0. The Morgan fingerprint density at radius 3 is 1.67 bits per heavy atom. The van der Waals surface area contributed by atoms with Crippen molar-refractivity contribution >= 4 is 22.7 Å². The van der Waals surface area contributed by atoms with Crippen LogP contribution in [0.4, 0.5) is 0 Å². The van der Waals surface area contributed by atoms with E-state index >= 15 is 0 Å². The monoisotopic (exact) mass is 173 g/mol. The van der Waals surface area contributed by atoms with Gasteiger partial charge in [-0.2, -0.15) is 12.6 Å². The zero-order valence-corrected chi connectivity index (χ0v) is 7.08. The van der Waals surface area contributed by atoms with E-state index in [4.69, 9.17) is 0 Å². The van der Waals surface area contributed by atoms with Gasteiger partial charge in [-0.1, -0.05) is 0 Å². The summed E-state index contributed by atoms with van der Waals surface area (Å²) in [4.78, 5) is 0. The Morgan fingerprint density at radius 2 is 1.67 bits per heavy atom. The second-order valence-corrected chi connectivity index (χ2v) is 3.41. The van der Waals surface area contributed by atoms with E-state index in [1.54, 1.807) is 0 Å². The van der Waals surface area contributed by atoms with Crippen LogP contribution in [0.3, 0.4) is 0 Å². The highest BCUT2D eigenvalue weighted by Crippen LogP contribution is 1.81. The molecule has 0 aromatic rings. The Hall–Kier alpha value is 0.220. The van der Waals surface area contributed by atoms with Gasteiger partial charge in [-0.3, -0.25) is 0 Å². The summed E-state index contributed by atoms with van der Waals surface area (Å²) in [5.41, 5.74) is 0. The van der Waals surface area contributed by atoms with Gasteiger partial charge in [-0.05, 0) is 0 Å². The first-order chi connectivity index (χ1) is 3.97. The third-order valence-electron chi connectivity index (χ3n) is 0.158. The van der Waals surface area contributed by atoms with E-state index in [1.165, 1.54) is 0 Å². The standard InChI is InChI=1S/C2H7N.CH4O3S2/c1-3-2;2-6(3,4)1-5/h3H,1-2H3;5H,1H2,(H,2,3,4). The zero-order valence-electron chi connectivity index (χ0n) is 5.36. The lowest BCUT2D eigenvalue weighted by molar-refractivity contribution is -0.597. The molecule has 0 aromatic heterocycles. The lowest BCUT2D eigenvalue weighted by Crippen LogP contribution is -2.74. The van der Waals surface area contributed by atoms with Crippen molar-refractivity contribution in [3.63, 3.8) is 0 Å². The molecule has 0 saturated heterocycles. The number of quaternary nitrogens is 1. The van der Waals surface area contributed by atoms with Gasteiger partial charge in [0.25, 0.3) is 0 Å². The van der Waals surface area contributed by atoms with Crippen molar-refractivity contribution in [1.82, 2.24) is 0 Å². The average molecular weight is 173 g/mol. The molecule has 0 aliphatic heterocycles. The fourth-order valence-corrected chi connectivity index (χ4v) is 0. The zero-order chi connectivity index (χ0) is 7.91. The van der Waals surface area contributed by atoms with Crippen molar-refractivity contribution in [1.29, 1.82) is 0 Å². The van der Waals surface area contributed by atoms with Gasteiger partial charge in [0.1, 0.15) is 10.1 Å². The summed E-state index contributed by atoms with van der Waals surface area (Å²) in [5.74, 6) is 0. The summed E-state index contributed by atoms with van der Waals surface area (Å²) in [7, 11) is -0.0478. The van der Waals surface area contributed by atoms with Crippen LogP contribution in [0, 0.1) is 0 Å². The Labute approximate surface area is 60.8 Å². The molecule has 0 aliphatic carbocycles. The highest BCUT2D eigenvalue weighted by atomic mass is 32.3. The first-order valence-corrected chi connectivity index (χ1v) is 4.47. The molecular formula is C3H11NO3S2. The number of rotatable bonds is 1. The van der Waals surface area contributed by atoms with Crippen LogP contribution in [0.25, 0.3) is 0 Å². The van der Waals surface area contributed by atoms with Gasteiger partial charge < -0.3 is 9.87 Å². The normalized spacial score (nSPS) is 9.78. The lowest BCUT2D eigenvalue weighted by atomic mass is 11.3. The fourth-order valence-electron chi connectivity index (χ4n) is 0. The molecule has 58 valence electrons. The topological polar surface area (TPSA) is 73.8 Å². The van der Waals surface area contributed by atoms with Crippen LogP contribution >= 0.6 is 12.6 Å². The van der Waals surface area contributed by atoms with Gasteiger partial charge in [0.15, 0.2) is 0 Å². The van der Waals surface area contributed by atoms with Crippen LogP contribution < -0.4 is 5.32 Å². The predicted octanol–water partition coefficient (Wildman–Crippen LogP) is -1.77. The molecule has 0 bridgehead atoms. The van der Waals surface area contributed by atoms with Gasteiger partial charge in [0, 0.05) is 0 Å². The smallest absolute Gasteiger partial charge is 0.104 e. The van der Waals surface area contributed by atoms with Crippen LogP contribution in [-0.2, 0) is 10.1 Å². The van der Waals surface area contributed by atoms with Crippen LogP contribution in [-0.4, -0.2) is 32.2 Å². The molecule has 0 saturated carbocycles. The highest BCUT2D eigenvalue weighted by molar-refractivity contribution is 8.00. The van der Waals surface area contributed by atoms with E-state index in [2.05, 4.69) is 12.6 Å². The molecule has 0 aromatic carbocycles. The summed E-state index contributed by atoms with van der Waals surface area (Å²) < 4.78 is 28.1. The second-order valence-electron chi connectivity index (χ2n) is 1.26. The van der Waals surface area contributed by atoms with Crippen LogP contribution in [0.5, 0.6) is 0 Å². The van der Waals surface area contributed by atoms with E-state index in [1.807, 2.05) is 19.4 Å². The quantitative estimate of drug-likeness (QED) is 0.364. The SMILES string of the molecule is C[NH2+]C.O=S(=O)([O-])CS. The van der Waals surface area contributed by atoms with Crippen LogP contribution in [0.1, 0.15) is 0 Å². The first-order valence-electron chi connectivity index (χ1n) is 2.26. The minimum atomic E-state index is -4.05. The molecule has 0 fully saturated rings. The number of hydrogen-bond donors (Lipinski definition) is 2. The summed E-state index contributed by atoms with van der Waals surface area (Å²) in [6, 6.07) is 0. The predicted molar refractivity (Wildman–Crippen MR) is 37.3 cm³/mol. The summed E-state index contributed by atoms with van der Waals surface area (Å²) in [6.45, 7) is 0. The molecule has 6 heteroatoms. The third-order valence-corrected chi connectivity index (χ3v) is 1.42. The molecule has 0 unspecified atom stereocenters. The molecule has 0 spiro atoms. The first kappa shape index (κ1) is 12.0. The number of nitrogens with two attached hydrogens (primary N) is 1. The van der Waals surface area contributed by atoms with Crippen molar-refractivity contribution in [3.8, 4) is 0 Å². The van der Waals surface area contributed by atoms with Gasteiger partial charge in [-0.25, -0.2) is 8.42 Å². The molecule has 0 aliphatic rings. The molecule has 0 rings (SSSR count). The average Bonchev–Trinajstić information content (AvgIpc) is 1.67. The minimum absolute atomic E-state index is 0.618. The van der Waals surface area contributed by atoms with Crippen LogP contribution in [0.2, 0.25) is 0 Å². The summed E-state index contributed by atoms with van der Waals surface area (Å²) in [6.07, 6.45) is 0. The largest absolute Gasteiger partial charge is 0.747 e. The van der Waals surface area contributed by atoms with Crippen molar-refractivity contribution in [2.24, 2.45) is 0 Å². The Morgan fingerprint density at radius 1 is 1.56 bits per heavy atom. The van der Waals surface area contributed by atoms with E-state index in [9.17, 15) is 13.0 Å². The van der Waals surface area contributed by atoms with E-state index in [0.29, 0.717) is 0 Å². The van der Waals surface area contributed by atoms with E-state index < -0.39 is 15.2 Å². The maximum atomic E-state index is 9.37. The van der Waals surface area contributed by atoms with Gasteiger partial charge in [-0.15, -0.1) is 0 Å². The number of hydrogen-bond acceptors (Lipinski definition) is 4.